The molecule has 5 rings (SSSR count). The van der Waals surface area contributed by atoms with Crippen molar-refractivity contribution in [1.29, 1.82) is 0 Å². The Hall–Kier alpha value is -3.15. The number of fused-ring (bicyclic) bond motifs is 2. The summed E-state index contributed by atoms with van der Waals surface area (Å²) in [4.78, 5) is 23.9. The topological polar surface area (TPSA) is 70.2 Å². The second-order valence-electron chi connectivity index (χ2n) is 7.54. The summed E-state index contributed by atoms with van der Waals surface area (Å²) in [6.45, 7) is 2.43. The summed E-state index contributed by atoms with van der Waals surface area (Å²) in [7, 11) is 0. The molecule has 3 heterocycles. The van der Waals surface area contributed by atoms with Gasteiger partial charge in [-0.15, -0.1) is 0 Å². The molecular weight excluding hydrogens is 350 g/mol. The molecule has 1 unspecified atom stereocenters. The Morgan fingerprint density at radius 2 is 2.14 bits per heavy atom. The minimum atomic E-state index is 0.108. The van der Waals surface area contributed by atoms with Crippen LogP contribution in [0.2, 0.25) is 0 Å². The SMILES string of the molecule is O=C(c1ccc2c(c1)CCCN2)N1CCC(Nc2ncc3ccccc3n2)C1. The van der Waals surface area contributed by atoms with E-state index in [9.17, 15) is 4.79 Å². The Morgan fingerprint density at radius 1 is 1.21 bits per heavy atom. The molecule has 1 saturated heterocycles. The summed E-state index contributed by atoms with van der Waals surface area (Å²) in [5.74, 6) is 0.731. The number of carbonyl (C=O) groups excluding carboxylic acids is 1. The quantitative estimate of drug-likeness (QED) is 0.737. The fourth-order valence-corrected chi connectivity index (χ4v) is 4.08. The van der Waals surface area contributed by atoms with Gasteiger partial charge < -0.3 is 15.5 Å². The van der Waals surface area contributed by atoms with Crippen LogP contribution in [0.25, 0.3) is 10.9 Å². The molecule has 6 heteroatoms. The number of nitrogens with one attached hydrogen (secondary N) is 2. The van der Waals surface area contributed by atoms with Crippen LogP contribution in [-0.4, -0.2) is 46.5 Å². The number of nitrogens with zero attached hydrogens (tertiary/aromatic N) is 3. The van der Waals surface area contributed by atoms with Crippen molar-refractivity contribution >= 4 is 28.4 Å². The van der Waals surface area contributed by atoms with Gasteiger partial charge in [0, 0.05) is 48.5 Å². The average molecular weight is 373 g/mol. The number of benzene rings is 2. The van der Waals surface area contributed by atoms with E-state index in [2.05, 4.69) is 26.7 Å². The second-order valence-corrected chi connectivity index (χ2v) is 7.54. The van der Waals surface area contributed by atoms with Gasteiger partial charge in [0.15, 0.2) is 0 Å². The van der Waals surface area contributed by atoms with E-state index in [4.69, 9.17) is 0 Å². The summed E-state index contributed by atoms with van der Waals surface area (Å²) in [6, 6.07) is 14.1. The average Bonchev–Trinajstić information content (AvgIpc) is 3.21. The Bertz CT molecular complexity index is 1030. The number of anilines is 2. The summed E-state index contributed by atoms with van der Waals surface area (Å²) in [5, 5.41) is 7.82. The van der Waals surface area contributed by atoms with E-state index < -0.39 is 0 Å². The molecule has 0 radical (unpaired) electrons. The molecule has 0 aliphatic carbocycles. The van der Waals surface area contributed by atoms with Gasteiger partial charge in [-0.25, -0.2) is 9.97 Å². The van der Waals surface area contributed by atoms with Gasteiger partial charge in [-0.2, -0.15) is 0 Å². The van der Waals surface area contributed by atoms with Gasteiger partial charge in [-0.3, -0.25) is 4.79 Å². The fourth-order valence-electron chi connectivity index (χ4n) is 4.08. The summed E-state index contributed by atoms with van der Waals surface area (Å²) in [6.07, 6.45) is 4.89. The number of aromatic nitrogens is 2. The highest BCUT2D eigenvalue weighted by molar-refractivity contribution is 5.95. The molecule has 6 nitrogen and oxygen atoms in total. The van der Waals surface area contributed by atoms with Gasteiger partial charge in [0.25, 0.3) is 5.91 Å². The number of hydrogen-bond acceptors (Lipinski definition) is 5. The third-order valence-corrected chi connectivity index (χ3v) is 5.59. The van der Waals surface area contributed by atoms with Crippen LogP contribution in [0.1, 0.15) is 28.8 Å². The van der Waals surface area contributed by atoms with E-state index in [0.717, 1.165) is 54.5 Å². The van der Waals surface area contributed by atoms with Gasteiger partial charge in [-0.1, -0.05) is 18.2 Å². The van der Waals surface area contributed by atoms with E-state index in [1.54, 1.807) is 0 Å². The van der Waals surface area contributed by atoms with Gasteiger partial charge in [0.1, 0.15) is 0 Å². The van der Waals surface area contributed by atoms with Gasteiger partial charge in [0.2, 0.25) is 5.95 Å². The highest BCUT2D eigenvalue weighted by Gasteiger charge is 2.28. The molecule has 2 aromatic carbocycles. The molecule has 0 spiro atoms. The first kappa shape index (κ1) is 17.0. The number of carbonyl (C=O) groups is 1. The Labute approximate surface area is 164 Å². The zero-order valence-electron chi connectivity index (χ0n) is 15.7. The molecule has 0 bridgehead atoms. The highest BCUT2D eigenvalue weighted by Crippen LogP contribution is 2.25. The van der Waals surface area contributed by atoms with E-state index >= 15 is 0 Å². The minimum absolute atomic E-state index is 0.108. The maximum atomic E-state index is 13.0. The fraction of sp³-hybridized carbons (Fsp3) is 0.318. The van der Waals surface area contributed by atoms with Crippen LogP contribution in [0.4, 0.5) is 11.6 Å². The van der Waals surface area contributed by atoms with Gasteiger partial charge >= 0.3 is 0 Å². The van der Waals surface area contributed by atoms with Crippen LogP contribution in [0.3, 0.4) is 0 Å². The number of amides is 1. The molecule has 1 atom stereocenters. The van der Waals surface area contributed by atoms with Crippen molar-refractivity contribution in [2.45, 2.75) is 25.3 Å². The van der Waals surface area contributed by atoms with Gasteiger partial charge in [-0.05, 0) is 49.1 Å². The van der Waals surface area contributed by atoms with Crippen molar-refractivity contribution in [3.8, 4) is 0 Å². The number of rotatable bonds is 3. The molecule has 2 aliphatic heterocycles. The molecule has 2 aliphatic rings. The zero-order chi connectivity index (χ0) is 18.9. The lowest BCUT2D eigenvalue weighted by Gasteiger charge is -2.21. The van der Waals surface area contributed by atoms with Crippen LogP contribution in [0.15, 0.2) is 48.7 Å². The first-order valence-electron chi connectivity index (χ1n) is 9.91. The van der Waals surface area contributed by atoms with Crippen molar-refractivity contribution in [1.82, 2.24) is 14.9 Å². The highest BCUT2D eigenvalue weighted by atomic mass is 16.2. The molecule has 28 heavy (non-hydrogen) atoms. The number of likely N-dealkylation sites (tertiary alicyclic amines) is 1. The normalized spacial score (nSPS) is 18.6. The lowest BCUT2D eigenvalue weighted by molar-refractivity contribution is 0.0791. The van der Waals surface area contributed by atoms with Gasteiger partial charge in [0.05, 0.1) is 5.52 Å². The molecular formula is C22H23N5O. The largest absolute Gasteiger partial charge is 0.385 e. The van der Waals surface area contributed by atoms with Crippen LogP contribution in [0, 0.1) is 0 Å². The minimum Gasteiger partial charge on any atom is -0.385 e. The van der Waals surface area contributed by atoms with Crippen molar-refractivity contribution < 1.29 is 4.79 Å². The summed E-state index contributed by atoms with van der Waals surface area (Å²) in [5.41, 5.74) is 4.12. The molecule has 0 saturated carbocycles. The Balaban J connectivity index is 1.26. The maximum Gasteiger partial charge on any atom is 0.253 e. The third-order valence-electron chi connectivity index (χ3n) is 5.59. The third kappa shape index (κ3) is 3.26. The van der Waals surface area contributed by atoms with Crippen LogP contribution < -0.4 is 10.6 Å². The van der Waals surface area contributed by atoms with Crippen molar-refractivity contribution in [3.63, 3.8) is 0 Å². The lowest BCUT2D eigenvalue weighted by atomic mass is 10.0. The molecule has 142 valence electrons. The lowest BCUT2D eigenvalue weighted by Crippen LogP contribution is -2.32. The maximum absolute atomic E-state index is 13.0. The first-order valence-corrected chi connectivity index (χ1v) is 9.91. The second kappa shape index (κ2) is 7.11. The molecule has 3 aromatic rings. The molecule has 1 aromatic heterocycles. The summed E-state index contributed by atoms with van der Waals surface area (Å²) < 4.78 is 0. The molecule has 1 amide bonds. The zero-order valence-corrected chi connectivity index (χ0v) is 15.7. The molecule has 1 fully saturated rings. The smallest absolute Gasteiger partial charge is 0.253 e. The number of para-hydroxylation sites is 1. The van der Waals surface area contributed by atoms with Crippen LogP contribution in [-0.2, 0) is 6.42 Å². The van der Waals surface area contributed by atoms with E-state index in [1.165, 1.54) is 5.56 Å². The van der Waals surface area contributed by atoms with E-state index in [1.807, 2.05) is 47.5 Å². The number of hydrogen-bond donors (Lipinski definition) is 2. The number of aryl methyl sites for hydroxylation is 1. The molecule has 2 N–H and O–H groups in total. The van der Waals surface area contributed by atoms with E-state index in [0.29, 0.717) is 12.5 Å². The summed E-state index contributed by atoms with van der Waals surface area (Å²) >= 11 is 0. The predicted octanol–water partition coefficient (Wildman–Crippen LogP) is 3.31. The van der Waals surface area contributed by atoms with E-state index in [-0.39, 0.29) is 11.9 Å². The van der Waals surface area contributed by atoms with Crippen molar-refractivity contribution in [2.75, 3.05) is 30.3 Å². The standard InChI is InChI=1S/C22H23N5O/c28-21(16-7-8-19-15(12-16)5-3-10-23-19)27-11-9-18(14-27)25-22-24-13-17-4-1-2-6-20(17)26-22/h1-2,4,6-8,12-13,18,23H,3,5,9-11,14H2,(H,24,25,26). The monoisotopic (exact) mass is 373 g/mol. The Kier molecular flexibility index (Phi) is 4.31. The van der Waals surface area contributed by atoms with Crippen molar-refractivity contribution in [3.05, 3.63) is 59.8 Å². The predicted molar refractivity (Wildman–Crippen MR) is 111 cm³/mol. The Morgan fingerprint density at radius 3 is 3.11 bits per heavy atom. The van der Waals surface area contributed by atoms with Crippen LogP contribution >= 0.6 is 0 Å². The van der Waals surface area contributed by atoms with Crippen molar-refractivity contribution in [2.24, 2.45) is 0 Å². The van der Waals surface area contributed by atoms with Crippen LogP contribution in [0.5, 0.6) is 0 Å². The first-order chi connectivity index (χ1) is 13.8.